The Labute approximate surface area is 133 Å². The van der Waals surface area contributed by atoms with Crippen molar-refractivity contribution < 1.29 is 13.4 Å². The lowest BCUT2D eigenvalue weighted by Gasteiger charge is -2.13. The summed E-state index contributed by atoms with van der Waals surface area (Å²) < 4.78 is 32.7. The number of ether oxygens (including phenoxy) is 1. The Hall–Kier alpha value is -2.69. The SMILES string of the molecule is COc1ccnc(-c2cccc(-c3ccccc3)c2B(F)F)c1. The molecule has 1 heterocycles. The van der Waals surface area contributed by atoms with Gasteiger partial charge in [-0.15, -0.1) is 0 Å². The molecule has 0 saturated heterocycles. The minimum absolute atomic E-state index is 0.0144. The topological polar surface area (TPSA) is 22.1 Å². The molecule has 0 atom stereocenters. The average Bonchev–Trinajstić information content (AvgIpc) is 2.61. The summed E-state index contributed by atoms with van der Waals surface area (Å²) in [7, 11) is -1.07. The Bertz CT molecular complexity index is 809. The van der Waals surface area contributed by atoms with Crippen molar-refractivity contribution in [3.63, 3.8) is 0 Å². The molecule has 114 valence electrons. The van der Waals surface area contributed by atoms with Crippen LogP contribution in [0, 0.1) is 0 Å². The van der Waals surface area contributed by atoms with Crippen LogP contribution in [0.15, 0.2) is 66.9 Å². The van der Waals surface area contributed by atoms with Crippen LogP contribution in [0.5, 0.6) is 5.75 Å². The lowest BCUT2D eigenvalue weighted by molar-refractivity contribution is 0.414. The lowest BCUT2D eigenvalue weighted by Crippen LogP contribution is -2.25. The van der Waals surface area contributed by atoms with Crippen molar-refractivity contribution in [1.82, 2.24) is 4.98 Å². The van der Waals surface area contributed by atoms with Crippen molar-refractivity contribution in [1.29, 1.82) is 0 Å². The highest BCUT2D eigenvalue weighted by Crippen LogP contribution is 2.26. The molecule has 3 rings (SSSR count). The van der Waals surface area contributed by atoms with Gasteiger partial charge in [0.1, 0.15) is 5.75 Å². The van der Waals surface area contributed by atoms with Crippen molar-refractivity contribution >= 4 is 12.7 Å². The first-order valence-corrected chi connectivity index (χ1v) is 7.17. The van der Waals surface area contributed by atoms with Crippen LogP contribution in [0.3, 0.4) is 0 Å². The predicted molar refractivity (Wildman–Crippen MR) is 89.3 cm³/mol. The third-order valence-corrected chi connectivity index (χ3v) is 3.65. The van der Waals surface area contributed by atoms with Crippen LogP contribution in [0.1, 0.15) is 0 Å². The largest absolute Gasteiger partial charge is 0.573 e. The Balaban J connectivity index is 2.21. The quantitative estimate of drug-likeness (QED) is 0.678. The van der Waals surface area contributed by atoms with Gasteiger partial charge in [-0.25, -0.2) is 0 Å². The zero-order chi connectivity index (χ0) is 16.2. The Kier molecular flexibility index (Phi) is 4.37. The summed E-state index contributed by atoms with van der Waals surface area (Å²) in [5.74, 6) is 0.584. The van der Waals surface area contributed by atoms with Gasteiger partial charge in [-0.2, -0.15) is 0 Å². The monoisotopic (exact) mass is 309 g/mol. The highest BCUT2D eigenvalue weighted by molar-refractivity contribution is 6.63. The van der Waals surface area contributed by atoms with E-state index in [0.717, 1.165) is 5.56 Å². The van der Waals surface area contributed by atoms with E-state index in [1.54, 1.807) is 36.5 Å². The van der Waals surface area contributed by atoms with Gasteiger partial charge >= 0.3 is 7.27 Å². The second kappa shape index (κ2) is 6.61. The third-order valence-electron chi connectivity index (χ3n) is 3.65. The van der Waals surface area contributed by atoms with Gasteiger partial charge < -0.3 is 4.74 Å². The van der Waals surface area contributed by atoms with Crippen molar-refractivity contribution in [3.05, 3.63) is 66.9 Å². The van der Waals surface area contributed by atoms with E-state index in [2.05, 4.69) is 4.98 Å². The van der Waals surface area contributed by atoms with Crippen LogP contribution >= 0.6 is 0 Å². The summed E-state index contributed by atoms with van der Waals surface area (Å²) in [5.41, 5.74) is 2.15. The van der Waals surface area contributed by atoms with E-state index in [1.165, 1.54) is 7.11 Å². The minimum Gasteiger partial charge on any atom is -0.497 e. The molecule has 3 aromatic rings. The van der Waals surface area contributed by atoms with E-state index in [4.69, 9.17) is 4.74 Å². The van der Waals surface area contributed by atoms with Gasteiger partial charge in [0.2, 0.25) is 0 Å². The number of hydrogen-bond acceptors (Lipinski definition) is 2. The number of nitrogens with zero attached hydrogens (tertiary/aromatic N) is 1. The minimum atomic E-state index is -2.60. The van der Waals surface area contributed by atoms with Gasteiger partial charge in [-0.3, -0.25) is 13.6 Å². The highest BCUT2D eigenvalue weighted by atomic mass is 19.2. The van der Waals surface area contributed by atoms with E-state index in [-0.39, 0.29) is 5.46 Å². The van der Waals surface area contributed by atoms with Crippen molar-refractivity contribution in [2.75, 3.05) is 7.11 Å². The maximum Gasteiger partial charge on any atom is 0.573 e. The molecule has 2 nitrogen and oxygen atoms in total. The molecule has 0 radical (unpaired) electrons. The zero-order valence-corrected chi connectivity index (χ0v) is 12.5. The first-order chi connectivity index (χ1) is 11.2. The van der Waals surface area contributed by atoms with E-state index in [0.29, 0.717) is 22.6 Å². The van der Waals surface area contributed by atoms with Crippen LogP contribution in [-0.2, 0) is 0 Å². The molecular formula is C18H14BF2NO. The van der Waals surface area contributed by atoms with Gasteiger partial charge in [-0.1, -0.05) is 48.5 Å². The molecule has 5 heteroatoms. The van der Waals surface area contributed by atoms with E-state index in [9.17, 15) is 8.63 Å². The fourth-order valence-corrected chi connectivity index (χ4v) is 2.58. The molecular weight excluding hydrogens is 295 g/mol. The lowest BCUT2D eigenvalue weighted by atomic mass is 9.75. The van der Waals surface area contributed by atoms with Crippen molar-refractivity contribution in [2.24, 2.45) is 0 Å². The molecule has 0 aliphatic carbocycles. The highest BCUT2D eigenvalue weighted by Gasteiger charge is 2.26. The predicted octanol–water partition coefficient (Wildman–Crippen LogP) is 4.06. The number of pyridine rings is 1. The normalized spacial score (nSPS) is 10.4. The standard InChI is InChI=1S/C18H14BF2NO/c1-23-14-10-11-22-17(12-14)16-9-5-8-15(18(16)19(20)21)13-6-3-2-4-7-13/h2-12H,1H3. The van der Waals surface area contributed by atoms with E-state index >= 15 is 0 Å². The molecule has 0 N–H and O–H groups in total. The summed E-state index contributed by atoms with van der Waals surface area (Å²) in [6.07, 6.45) is 1.55. The first-order valence-electron chi connectivity index (χ1n) is 7.17. The number of methoxy groups -OCH3 is 1. The first kappa shape index (κ1) is 15.2. The van der Waals surface area contributed by atoms with Crippen LogP contribution in [0.25, 0.3) is 22.4 Å². The Morgan fingerprint density at radius 1 is 0.913 bits per heavy atom. The van der Waals surface area contributed by atoms with Crippen LogP contribution < -0.4 is 10.2 Å². The molecule has 0 aliphatic rings. The van der Waals surface area contributed by atoms with Crippen molar-refractivity contribution in [2.45, 2.75) is 0 Å². The van der Waals surface area contributed by atoms with Crippen molar-refractivity contribution in [3.8, 4) is 28.1 Å². The van der Waals surface area contributed by atoms with Gasteiger partial charge in [0.05, 0.1) is 12.8 Å². The molecule has 0 unspecified atom stereocenters. The van der Waals surface area contributed by atoms with Crippen LogP contribution in [-0.4, -0.2) is 19.4 Å². The van der Waals surface area contributed by atoms with Gasteiger partial charge in [0, 0.05) is 23.3 Å². The second-order valence-corrected chi connectivity index (χ2v) is 5.01. The Morgan fingerprint density at radius 2 is 1.65 bits per heavy atom. The number of benzene rings is 2. The van der Waals surface area contributed by atoms with Crippen LogP contribution in [0.2, 0.25) is 0 Å². The van der Waals surface area contributed by atoms with E-state index in [1.807, 2.05) is 30.3 Å². The maximum absolute atomic E-state index is 13.8. The summed E-state index contributed by atoms with van der Waals surface area (Å²) in [4.78, 5) is 4.22. The summed E-state index contributed by atoms with van der Waals surface area (Å²) in [6, 6.07) is 17.7. The molecule has 0 spiro atoms. The van der Waals surface area contributed by atoms with Crippen LogP contribution in [0.4, 0.5) is 8.63 Å². The molecule has 1 aromatic heterocycles. The molecule has 23 heavy (non-hydrogen) atoms. The summed E-state index contributed by atoms with van der Waals surface area (Å²) in [6.45, 7) is 0. The molecule has 0 saturated carbocycles. The van der Waals surface area contributed by atoms with Gasteiger partial charge in [0.25, 0.3) is 0 Å². The molecule has 0 amide bonds. The molecule has 0 aliphatic heterocycles. The van der Waals surface area contributed by atoms with Gasteiger partial charge in [-0.05, 0) is 17.2 Å². The molecule has 0 bridgehead atoms. The fourth-order valence-electron chi connectivity index (χ4n) is 2.58. The zero-order valence-electron chi connectivity index (χ0n) is 12.5. The van der Waals surface area contributed by atoms with E-state index < -0.39 is 7.27 Å². The average molecular weight is 309 g/mol. The summed E-state index contributed by atoms with van der Waals surface area (Å²) >= 11 is 0. The third kappa shape index (κ3) is 3.09. The second-order valence-electron chi connectivity index (χ2n) is 5.01. The Morgan fingerprint density at radius 3 is 2.35 bits per heavy atom. The smallest absolute Gasteiger partial charge is 0.497 e. The molecule has 2 aromatic carbocycles. The number of hydrogen-bond donors (Lipinski definition) is 0. The fraction of sp³-hybridized carbons (Fsp3) is 0.0556. The summed E-state index contributed by atoms with van der Waals surface area (Å²) in [5, 5.41) is 0. The maximum atomic E-state index is 13.8. The number of rotatable bonds is 4. The van der Waals surface area contributed by atoms with Gasteiger partial charge in [0.15, 0.2) is 0 Å². The molecule has 0 fully saturated rings. The number of halogens is 2. The number of aromatic nitrogens is 1.